The number of rotatable bonds is 5. The second kappa shape index (κ2) is 5.84. The second-order valence-electron chi connectivity index (χ2n) is 3.89. The lowest BCUT2D eigenvalue weighted by atomic mass is 10.2. The van der Waals surface area contributed by atoms with Crippen molar-refractivity contribution in [2.24, 2.45) is 0 Å². The molecule has 0 atom stereocenters. The van der Waals surface area contributed by atoms with E-state index in [0.717, 1.165) is 17.8 Å². The maximum Gasteiger partial charge on any atom is 0.320 e. The zero-order valence-electron chi connectivity index (χ0n) is 10.3. The van der Waals surface area contributed by atoms with Crippen LogP contribution in [0.25, 0.3) is 0 Å². The molecule has 5 nitrogen and oxygen atoms in total. The molecule has 96 valence electrons. The lowest BCUT2D eigenvalue weighted by Gasteiger charge is -2.04. The van der Waals surface area contributed by atoms with Gasteiger partial charge in [-0.15, -0.1) is 5.10 Å². The first-order chi connectivity index (χ1) is 8.69. The molecule has 2 N–H and O–H groups in total. The summed E-state index contributed by atoms with van der Waals surface area (Å²) in [6.45, 7) is 5.42. The number of nitrogens with zero attached hydrogens (tertiary/aromatic N) is 2. The smallest absolute Gasteiger partial charge is 0.320 e. The first-order valence-electron chi connectivity index (χ1n) is 5.75. The molecule has 1 aromatic carbocycles. The lowest BCUT2D eigenvalue weighted by molar-refractivity contribution is 0.484. The predicted molar refractivity (Wildman–Crippen MR) is 71.2 cm³/mol. The van der Waals surface area contributed by atoms with Gasteiger partial charge in [-0.2, -0.15) is 0 Å². The molecule has 2 aromatic rings. The molecule has 0 saturated carbocycles. The predicted octanol–water partition coefficient (Wildman–Crippen LogP) is 2.88. The van der Waals surface area contributed by atoms with Crippen LogP contribution in [0.1, 0.15) is 18.4 Å². The van der Waals surface area contributed by atoms with Crippen molar-refractivity contribution in [1.82, 2.24) is 15.5 Å². The van der Waals surface area contributed by atoms with Crippen molar-refractivity contribution in [1.29, 1.82) is 0 Å². The molecule has 0 aliphatic rings. The molecule has 18 heavy (non-hydrogen) atoms. The van der Waals surface area contributed by atoms with Gasteiger partial charge >= 0.3 is 6.01 Å². The highest BCUT2D eigenvalue weighted by atomic mass is 35.5. The fourth-order valence-corrected chi connectivity index (χ4v) is 1.73. The van der Waals surface area contributed by atoms with Gasteiger partial charge in [0, 0.05) is 0 Å². The summed E-state index contributed by atoms with van der Waals surface area (Å²) in [5, 5.41) is 14.5. The van der Waals surface area contributed by atoms with Gasteiger partial charge in [0.2, 0.25) is 5.89 Å². The summed E-state index contributed by atoms with van der Waals surface area (Å²) in [6.07, 6.45) is 0. The average molecular weight is 267 g/mol. The van der Waals surface area contributed by atoms with Crippen molar-refractivity contribution in [2.45, 2.75) is 20.4 Å². The highest BCUT2D eigenvalue weighted by molar-refractivity contribution is 6.33. The third kappa shape index (κ3) is 3.21. The summed E-state index contributed by atoms with van der Waals surface area (Å²) in [4.78, 5) is 0. The van der Waals surface area contributed by atoms with Gasteiger partial charge < -0.3 is 15.1 Å². The molecule has 0 spiro atoms. The van der Waals surface area contributed by atoms with E-state index in [4.69, 9.17) is 16.0 Å². The Bertz CT molecular complexity index is 527. The van der Waals surface area contributed by atoms with Crippen molar-refractivity contribution in [2.75, 3.05) is 11.9 Å². The van der Waals surface area contributed by atoms with E-state index in [1.807, 2.05) is 32.0 Å². The maximum absolute atomic E-state index is 6.11. The van der Waals surface area contributed by atoms with E-state index in [1.165, 1.54) is 0 Å². The second-order valence-corrected chi connectivity index (χ2v) is 4.30. The standard InChI is InChI=1S/C12H15ClN4O/c1-3-14-7-11-16-17-12(18-11)15-10-5-4-8(2)6-9(10)13/h4-6,14H,3,7H2,1-2H3,(H,15,17). The van der Waals surface area contributed by atoms with Gasteiger partial charge in [0.25, 0.3) is 0 Å². The minimum absolute atomic E-state index is 0.341. The Balaban J connectivity index is 2.06. The fourth-order valence-electron chi connectivity index (χ4n) is 1.44. The average Bonchev–Trinajstić information content (AvgIpc) is 2.78. The van der Waals surface area contributed by atoms with Crippen LogP contribution in [-0.2, 0) is 6.54 Å². The normalized spacial score (nSPS) is 10.6. The van der Waals surface area contributed by atoms with Crippen LogP contribution in [0, 0.1) is 6.92 Å². The summed E-state index contributed by atoms with van der Waals surface area (Å²) in [6, 6.07) is 6.06. The Morgan fingerprint density at radius 2 is 2.17 bits per heavy atom. The molecule has 1 aromatic heterocycles. The van der Waals surface area contributed by atoms with Crippen LogP contribution in [0.5, 0.6) is 0 Å². The molecule has 1 heterocycles. The van der Waals surface area contributed by atoms with Crippen molar-refractivity contribution in [3.8, 4) is 0 Å². The molecular formula is C12H15ClN4O. The van der Waals surface area contributed by atoms with Gasteiger partial charge in [-0.25, -0.2) is 0 Å². The number of aromatic nitrogens is 2. The van der Waals surface area contributed by atoms with Gasteiger partial charge in [0.1, 0.15) is 0 Å². The van der Waals surface area contributed by atoms with E-state index in [1.54, 1.807) is 0 Å². The first-order valence-corrected chi connectivity index (χ1v) is 6.13. The van der Waals surface area contributed by atoms with Gasteiger partial charge in [0.15, 0.2) is 0 Å². The molecular weight excluding hydrogens is 252 g/mol. The lowest BCUT2D eigenvalue weighted by Crippen LogP contribution is -2.11. The SMILES string of the molecule is CCNCc1nnc(Nc2ccc(C)cc2Cl)o1. The summed E-state index contributed by atoms with van der Waals surface area (Å²) in [5.74, 6) is 0.544. The Hall–Kier alpha value is -1.59. The highest BCUT2D eigenvalue weighted by Gasteiger charge is 2.07. The molecule has 0 radical (unpaired) electrons. The number of anilines is 2. The maximum atomic E-state index is 6.11. The minimum Gasteiger partial charge on any atom is -0.406 e. The fraction of sp³-hybridized carbons (Fsp3) is 0.333. The Morgan fingerprint density at radius 3 is 2.89 bits per heavy atom. The van der Waals surface area contributed by atoms with Crippen LogP contribution in [0.15, 0.2) is 22.6 Å². The van der Waals surface area contributed by atoms with Crippen LogP contribution >= 0.6 is 11.6 Å². The molecule has 0 amide bonds. The topological polar surface area (TPSA) is 63.0 Å². The molecule has 2 rings (SSSR count). The molecule has 0 saturated heterocycles. The van der Waals surface area contributed by atoms with E-state index < -0.39 is 0 Å². The summed E-state index contributed by atoms with van der Waals surface area (Å²) >= 11 is 6.11. The van der Waals surface area contributed by atoms with Crippen LogP contribution in [0.4, 0.5) is 11.7 Å². The van der Waals surface area contributed by atoms with E-state index in [9.17, 15) is 0 Å². The Labute approximate surface area is 111 Å². The number of benzene rings is 1. The van der Waals surface area contributed by atoms with Crippen molar-refractivity contribution in [3.63, 3.8) is 0 Å². The van der Waals surface area contributed by atoms with Crippen molar-refractivity contribution < 1.29 is 4.42 Å². The zero-order chi connectivity index (χ0) is 13.0. The van der Waals surface area contributed by atoms with Gasteiger partial charge in [-0.3, -0.25) is 0 Å². The molecule has 0 unspecified atom stereocenters. The summed E-state index contributed by atoms with van der Waals surface area (Å²) in [5.41, 5.74) is 1.85. The van der Waals surface area contributed by atoms with E-state index in [-0.39, 0.29) is 0 Å². The van der Waals surface area contributed by atoms with Crippen molar-refractivity contribution >= 4 is 23.3 Å². The monoisotopic (exact) mass is 266 g/mol. The number of hydrogen-bond donors (Lipinski definition) is 2. The number of nitrogens with one attached hydrogen (secondary N) is 2. The van der Waals surface area contributed by atoms with E-state index in [0.29, 0.717) is 23.5 Å². The van der Waals surface area contributed by atoms with Crippen LogP contribution in [0.3, 0.4) is 0 Å². The number of halogens is 1. The minimum atomic E-state index is 0.341. The zero-order valence-corrected chi connectivity index (χ0v) is 11.1. The number of hydrogen-bond acceptors (Lipinski definition) is 5. The first kappa shape index (κ1) is 12.9. The largest absolute Gasteiger partial charge is 0.406 e. The van der Waals surface area contributed by atoms with Gasteiger partial charge in [-0.05, 0) is 31.2 Å². The van der Waals surface area contributed by atoms with Gasteiger partial charge in [0.05, 0.1) is 17.3 Å². The Morgan fingerprint density at radius 1 is 1.33 bits per heavy atom. The van der Waals surface area contributed by atoms with Gasteiger partial charge in [-0.1, -0.05) is 29.7 Å². The molecule has 0 bridgehead atoms. The number of aryl methyl sites for hydroxylation is 1. The van der Waals surface area contributed by atoms with E-state index >= 15 is 0 Å². The van der Waals surface area contributed by atoms with Crippen molar-refractivity contribution in [3.05, 3.63) is 34.7 Å². The third-order valence-electron chi connectivity index (χ3n) is 2.36. The van der Waals surface area contributed by atoms with Crippen LogP contribution < -0.4 is 10.6 Å². The molecule has 6 heteroatoms. The molecule has 0 fully saturated rings. The molecule has 0 aliphatic carbocycles. The molecule has 0 aliphatic heterocycles. The summed E-state index contributed by atoms with van der Waals surface area (Å²) < 4.78 is 5.42. The quantitative estimate of drug-likeness (QED) is 0.871. The third-order valence-corrected chi connectivity index (χ3v) is 2.67. The van der Waals surface area contributed by atoms with Crippen LogP contribution in [-0.4, -0.2) is 16.7 Å². The van der Waals surface area contributed by atoms with E-state index in [2.05, 4.69) is 20.8 Å². The Kier molecular flexibility index (Phi) is 4.17. The van der Waals surface area contributed by atoms with Crippen LogP contribution in [0.2, 0.25) is 5.02 Å². The summed E-state index contributed by atoms with van der Waals surface area (Å²) in [7, 11) is 0. The highest BCUT2D eigenvalue weighted by Crippen LogP contribution is 2.25.